The molecule has 3 fully saturated rings. The Labute approximate surface area is 116 Å². The molecule has 2 bridgehead atoms. The van der Waals surface area contributed by atoms with Gasteiger partial charge in [0.05, 0.1) is 12.0 Å². The van der Waals surface area contributed by atoms with Crippen molar-refractivity contribution in [3.8, 4) is 0 Å². The van der Waals surface area contributed by atoms with E-state index in [0.29, 0.717) is 0 Å². The molecule has 3 aliphatic carbocycles. The van der Waals surface area contributed by atoms with E-state index in [2.05, 4.69) is 4.74 Å². The number of ether oxygens (including phenoxy) is 1. The van der Waals surface area contributed by atoms with E-state index in [4.69, 9.17) is 5.73 Å². The minimum atomic E-state index is -0.628. The maximum Gasteiger partial charge on any atom is 0.323 e. The number of carbonyl (C=O) groups is 1. The summed E-state index contributed by atoms with van der Waals surface area (Å²) in [5.74, 6) is -0.402. The van der Waals surface area contributed by atoms with Gasteiger partial charge in [-0.15, -0.1) is 0 Å². The van der Waals surface area contributed by atoms with Gasteiger partial charge in [0.25, 0.3) is 5.69 Å². The molecule has 6 heteroatoms. The van der Waals surface area contributed by atoms with Crippen molar-refractivity contribution < 1.29 is 14.5 Å². The van der Waals surface area contributed by atoms with Gasteiger partial charge >= 0.3 is 5.97 Å². The number of hydrogen-bond acceptors (Lipinski definition) is 5. The number of hydrogen-bond donors (Lipinski definition) is 1. The monoisotopic (exact) mass is 276 g/mol. The molecule has 0 heterocycles. The Kier molecular flexibility index (Phi) is 2.62. The van der Waals surface area contributed by atoms with Crippen molar-refractivity contribution in [2.45, 2.75) is 30.7 Å². The lowest BCUT2D eigenvalue weighted by Gasteiger charge is -2.72. The van der Waals surface area contributed by atoms with E-state index in [1.54, 1.807) is 6.07 Å². The highest BCUT2D eigenvalue weighted by Gasteiger charge is 2.72. The van der Waals surface area contributed by atoms with E-state index in [-0.39, 0.29) is 21.4 Å². The predicted molar refractivity (Wildman–Crippen MR) is 71.0 cm³/mol. The fourth-order valence-electron chi connectivity index (χ4n) is 3.94. The molecular formula is C14H16N2O4. The molecule has 0 aliphatic heterocycles. The fraction of sp³-hybridized carbons (Fsp3) is 0.500. The van der Waals surface area contributed by atoms with Crippen LogP contribution >= 0.6 is 0 Å². The van der Waals surface area contributed by atoms with Crippen molar-refractivity contribution in [3.05, 3.63) is 39.9 Å². The molecule has 1 atom stereocenters. The smallest absolute Gasteiger partial charge is 0.323 e. The maximum absolute atomic E-state index is 11.5. The molecule has 0 saturated heterocycles. The quantitative estimate of drug-likeness (QED) is 0.511. The van der Waals surface area contributed by atoms with E-state index in [1.165, 1.54) is 13.2 Å². The fourth-order valence-corrected chi connectivity index (χ4v) is 3.94. The summed E-state index contributed by atoms with van der Waals surface area (Å²) in [6.45, 7) is 0. The first-order chi connectivity index (χ1) is 9.44. The van der Waals surface area contributed by atoms with Crippen LogP contribution in [0.3, 0.4) is 0 Å². The highest BCUT2D eigenvalue weighted by molar-refractivity contribution is 5.78. The van der Waals surface area contributed by atoms with Crippen LogP contribution in [0.4, 0.5) is 5.69 Å². The molecule has 20 heavy (non-hydrogen) atoms. The van der Waals surface area contributed by atoms with Crippen LogP contribution in [0.2, 0.25) is 0 Å². The van der Waals surface area contributed by atoms with Gasteiger partial charge in [-0.1, -0.05) is 18.2 Å². The molecule has 0 spiro atoms. The molecule has 0 radical (unpaired) electrons. The van der Waals surface area contributed by atoms with Crippen LogP contribution in [0.15, 0.2) is 24.3 Å². The zero-order valence-electron chi connectivity index (χ0n) is 11.2. The van der Waals surface area contributed by atoms with Crippen molar-refractivity contribution in [2.75, 3.05) is 7.11 Å². The Hall–Kier alpha value is -1.95. The molecule has 0 aromatic heterocycles. The lowest BCUT2D eigenvalue weighted by atomic mass is 9.31. The van der Waals surface area contributed by atoms with Gasteiger partial charge in [0.1, 0.15) is 6.04 Å². The van der Waals surface area contributed by atoms with Gasteiger partial charge in [0, 0.05) is 17.0 Å². The van der Waals surface area contributed by atoms with Crippen LogP contribution in [-0.4, -0.2) is 24.0 Å². The highest BCUT2D eigenvalue weighted by Crippen LogP contribution is 2.75. The van der Waals surface area contributed by atoms with Crippen molar-refractivity contribution in [1.82, 2.24) is 0 Å². The van der Waals surface area contributed by atoms with Crippen LogP contribution in [-0.2, 0) is 14.9 Å². The standard InChI is InChI=1S/C14H16N2O4/c1-20-12(17)11(15)14-6-13(7-14,8-14)9-4-2-3-5-10(9)16(18)19/h2-5,11H,6-8,15H2,1H3. The molecule has 4 rings (SSSR count). The third-order valence-corrected chi connectivity index (χ3v) is 4.86. The van der Waals surface area contributed by atoms with Crippen molar-refractivity contribution >= 4 is 11.7 Å². The summed E-state index contributed by atoms with van der Waals surface area (Å²) < 4.78 is 4.69. The number of nitro benzene ring substituents is 1. The van der Waals surface area contributed by atoms with Crippen LogP contribution in [0.1, 0.15) is 24.8 Å². The number of nitrogens with two attached hydrogens (primary N) is 1. The molecule has 106 valence electrons. The number of methoxy groups -OCH3 is 1. The van der Waals surface area contributed by atoms with Crippen LogP contribution < -0.4 is 5.73 Å². The van der Waals surface area contributed by atoms with Crippen LogP contribution in [0.5, 0.6) is 0 Å². The number of esters is 1. The van der Waals surface area contributed by atoms with Crippen molar-refractivity contribution in [2.24, 2.45) is 11.1 Å². The first-order valence-electron chi connectivity index (χ1n) is 6.51. The lowest BCUT2D eigenvalue weighted by Crippen LogP contribution is -2.72. The van der Waals surface area contributed by atoms with Gasteiger partial charge in [0.15, 0.2) is 0 Å². The van der Waals surface area contributed by atoms with Crippen molar-refractivity contribution in [1.29, 1.82) is 0 Å². The number of carbonyl (C=O) groups excluding carboxylic acids is 1. The third kappa shape index (κ3) is 1.51. The minimum absolute atomic E-state index is 0.160. The largest absolute Gasteiger partial charge is 0.468 e. The average molecular weight is 276 g/mol. The molecule has 1 aromatic rings. The zero-order valence-corrected chi connectivity index (χ0v) is 11.2. The zero-order chi connectivity index (χ0) is 14.5. The highest BCUT2D eigenvalue weighted by atomic mass is 16.6. The summed E-state index contributed by atoms with van der Waals surface area (Å²) >= 11 is 0. The van der Waals surface area contributed by atoms with Gasteiger partial charge in [-0.05, 0) is 24.7 Å². The van der Waals surface area contributed by atoms with Gasteiger partial charge in [0.2, 0.25) is 0 Å². The maximum atomic E-state index is 11.5. The number of nitro groups is 1. The molecule has 0 amide bonds. The van der Waals surface area contributed by atoms with E-state index >= 15 is 0 Å². The van der Waals surface area contributed by atoms with Gasteiger partial charge in [-0.2, -0.15) is 0 Å². The normalized spacial score (nSPS) is 31.7. The Morgan fingerprint density at radius 3 is 2.55 bits per heavy atom. The van der Waals surface area contributed by atoms with E-state index in [0.717, 1.165) is 24.8 Å². The SMILES string of the molecule is COC(=O)C(N)C12CC(c3ccccc3[N+](=O)[O-])(C1)C2. The third-order valence-electron chi connectivity index (χ3n) is 4.86. The van der Waals surface area contributed by atoms with Crippen LogP contribution in [0, 0.1) is 15.5 Å². The minimum Gasteiger partial charge on any atom is -0.468 e. The predicted octanol–water partition coefficient (Wildman–Crippen LogP) is 1.52. The molecule has 1 unspecified atom stereocenters. The topological polar surface area (TPSA) is 95.5 Å². The second kappa shape index (κ2) is 4.02. The Morgan fingerprint density at radius 1 is 1.40 bits per heavy atom. The summed E-state index contributed by atoms with van der Waals surface area (Å²) in [6.07, 6.45) is 2.17. The lowest BCUT2D eigenvalue weighted by molar-refractivity contribution is -0.387. The molecule has 1 aromatic carbocycles. The molecular weight excluding hydrogens is 260 g/mol. The van der Waals surface area contributed by atoms with Gasteiger partial charge in [-0.3, -0.25) is 14.9 Å². The average Bonchev–Trinajstić information content (AvgIpc) is 2.35. The van der Waals surface area contributed by atoms with Gasteiger partial charge in [-0.25, -0.2) is 0 Å². The number of para-hydroxylation sites is 1. The molecule has 2 N–H and O–H groups in total. The second-order valence-electron chi connectivity index (χ2n) is 5.95. The van der Waals surface area contributed by atoms with E-state index < -0.39 is 12.0 Å². The number of nitrogens with zero attached hydrogens (tertiary/aromatic N) is 1. The van der Waals surface area contributed by atoms with Crippen molar-refractivity contribution in [3.63, 3.8) is 0 Å². The number of benzene rings is 1. The molecule has 6 nitrogen and oxygen atoms in total. The summed E-state index contributed by atoms with van der Waals surface area (Å²) in [5, 5.41) is 11.1. The summed E-state index contributed by atoms with van der Waals surface area (Å²) in [6, 6.07) is 6.20. The summed E-state index contributed by atoms with van der Waals surface area (Å²) in [4.78, 5) is 22.3. The van der Waals surface area contributed by atoms with Crippen LogP contribution in [0.25, 0.3) is 0 Å². The second-order valence-corrected chi connectivity index (χ2v) is 5.95. The first-order valence-corrected chi connectivity index (χ1v) is 6.51. The summed E-state index contributed by atoms with van der Waals surface area (Å²) in [5.41, 5.74) is 6.46. The Bertz CT molecular complexity index is 579. The first kappa shape index (κ1) is 13.1. The number of rotatable bonds is 4. The van der Waals surface area contributed by atoms with E-state index in [1.807, 2.05) is 12.1 Å². The molecule has 3 saturated carbocycles. The van der Waals surface area contributed by atoms with Gasteiger partial charge < -0.3 is 10.5 Å². The van der Waals surface area contributed by atoms with E-state index in [9.17, 15) is 14.9 Å². The Morgan fingerprint density at radius 2 is 2.00 bits per heavy atom. The Balaban J connectivity index is 1.82. The summed E-state index contributed by atoms with van der Waals surface area (Å²) in [7, 11) is 1.32. The molecule has 3 aliphatic rings.